The highest BCUT2D eigenvalue weighted by Crippen LogP contribution is 2.29. The van der Waals surface area contributed by atoms with E-state index in [2.05, 4.69) is 35.9 Å². The smallest absolute Gasteiger partial charge is 0.254 e. The molecule has 0 spiro atoms. The van der Waals surface area contributed by atoms with Gasteiger partial charge in [0.05, 0.1) is 0 Å². The number of hydrogen-bond donors (Lipinski definition) is 0. The van der Waals surface area contributed by atoms with Gasteiger partial charge in [0.25, 0.3) is 5.91 Å². The third-order valence-electron chi connectivity index (χ3n) is 5.97. The third kappa shape index (κ3) is 5.28. The van der Waals surface area contributed by atoms with Crippen LogP contribution in [0.3, 0.4) is 0 Å². The molecule has 8 heteroatoms. The fraction of sp³-hybridized carbons (Fsp3) is 0.400. The lowest BCUT2D eigenvalue weighted by Crippen LogP contribution is -2.48. The van der Waals surface area contributed by atoms with Gasteiger partial charge in [-0.2, -0.15) is 0 Å². The lowest BCUT2D eigenvalue weighted by Gasteiger charge is -2.34. The Kier molecular flexibility index (Phi) is 7.45. The summed E-state index contributed by atoms with van der Waals surface area (Å²) in [6, 6.07) is 14.2. The number of piperazine rings is 1. The average molecular weight is 468 g/mol. The summed E-state index contributed by atoms with van der Waals surface area (Å²) in [4.78, 5) is 17.6. The number of carbonyl (C=O) groups is 1. The number of carbonyl (C=O) groups excluding carboxylic acids is 1. The Balaban J connectivity index is 1.55. The van der Waals surface area contributed by atoms with Crippen molar-refractivity contribution in [3.63, 3.8) is 0 Å². The number of aromatic nitrogens is 3. The first-order valence-electron chi connectivity index (χ1n) is 11.4. The minimum Gasteiger partial charge on any atom is -0.336 e. The van der Waals surface area contributed by atoms with E-state index in [0.29, 0.717) is 5.75 Å². The summed E-state index contributed by atoms with van der Waals surface area (Å²) < 4.78 is 15.5. The molecule has 0 saturated carbocycles. The largest absolute Gasteiger partial charge is 0.336 e. The highest BCUT2D eigenvalue weighted by molar-refractivity contribution is 7.98. The van der Waals surface area contributed by atoms with Crippen LogP contribution in [0.25, 0.3) is 5.69 Å². The SMILES string of the molecule is CCN1CCN(C(=O)c2ccccc2CSc2nnc(C(C)C)n2-c2ccc(F)cc2)CC1. The van der Waals surface area contributed by atoms with Crippen molar-refractivity contribution >= 4 is 17.7 Å². The predicted octanol–water partition coefficient (Wildman–Crippen LogP) is 4.60. The van der Waals surface area contributed by atoms with Crippen LogP contribution in [0.2, 0.25) is 0 Å². The van der Waals surface area contributed by atoms with Crippen molar-refractivity contribution < 1.29 is 9.18 Å². The molecule has 0 atom stereocenters. The van der Waals surface area contributed by atoms with Crippen molar-refractivity contribution in [3.05, 3.63) is 71.3 Å². The van der Waals surface area contributed by atoms with Crippen LogP contribution < -0.4 is 0 Å². The summed E-state index contributed by atoms with van der Waals surface area (Å²) in [5.74, 6) is 1.38. The maximum Gasteiger partial charge on any atom is 0.254 e. The number of halogens is 1. The Morgan fingerprint density at radius 3 is 2.39 bits per heavy atom. The Labute approximate surface area is 198 Å². The van der Waals surface area contributed by atoms with E-state index in [1.807, 2.05) is 33.7 Å². The van der Waals surface area contributed by atoms with Crippen LogP contribution in [0.1, 0.15) is 48.4 Å². The summed E-state index contributed by atoms with van der Waals surface area (Å²) in [5.41, 5.74) is 2.54. The molecule has 3 aromatic rings. The maximum atomic E-state index is 13.5. The summed E-state index contributed by atoms with van der Waals surface area (Å²) >= 11 is 1.54. The van der Waals surface area contributed by atoms with E-state index in [4.69, 9.17) is 0 Å². The van der Waals surface area contributed by atoms with Gasteiger partial charge >= 0.3 is 0 Å². The molecule has 0 aliphatic carbocycles. The molecule has 0 radical (unpaired) electrons. The fourth-order valence-corrected chi connectivity index (χ4v) is 4.98. The van der Waals surface area contributed by atoms with E-state index >= 15 is 0 Å². The van der Waals surface area contributed by atoms with Crippen molar-refractivity contribution in [1.29, 1.82) is 0 Å². The topological polar surface area (TPSA) is 54.3 Å². The van der Waals surface area contributed by atoms with E-state index in [-0.39, 0.29) is 17.6 Å². The van der Waals surface area contributed by atoms with Gasteiger partial charge < -0.3 is 9.80 Å². The Bertz CT molecular complexity index is 1090. The molecular formula is C25H30FN5OS. The van der Waals surface area contributed by atoms with Crippen molar-refractivity contribution in [2.45, 2.75) is 37.6 Å². The van der Waals surface area contributed by atoms with E-state index in [0.717, 1.165) is 60.5 Å². The minimum absolute atomic E-state index is 0.0878. The van der Waals surface area contributed by atoms with Crippen LogP contribution in [0.5, 0.6) is 0 Å². The van der Waals surface area contributed by atoms with Crippen LogP contribution in [0.15, 0.2) is 53.7 Å². The van der Waals surface area contributed by atoms with Crippen molar-refractivity contribution in [1.82, 2.24) is 24.6 Å². The lowest BCUT2D eigenvalue weighted by atomic mass is 10.1. The molecule has 33 heavy (non-hydrogen) atoms. The first kappa shape index (κ1) is 23.4. The zero-order valence-electron chi connectivity index (χ0n) is 19.4. The molecule has 1 aliphatic rings. The highest BCUT2D eigenvalue weighted by atomic mass is 32.2. The second-order valence-corrected chi connectivity index (χ2v) is 9.42. The monoisotopic (exact) mass is 467 g/mol. The normalized spacial score (nSPS) is 14.8. The molecule has 2 heterocycles. The second kappa shape index (κ2) is 10.5. The standard InChI is InChI=1S/C25H30FN5OS/c1-4-29-13-15-30(16-14-29)24(32)22-8-6-5-7-19(22)17-33-25-28-27-23(18(2)3)31(25)21-11-9-20(26)10-12-21/h5-12,18H,4,13-17H2,1-3H3. The zero-order valence-corrected chi connectivity index (χ0v) is 20.2. The molecule has 0 bridgehead atoms. The number of nitrogens with zero attached hydrogens (tertiary/aromatic N) is 5. The molecule has 4 rings (SSSR count). The first-order valence-corrected chi connectivity index (χ1v) is 12.4. The second-order valence-electron chi connectivity index (χ2n) is 8.48. The fourth-order valence-electron chi connectivity index (χ4n) is 4.02. The number of likely N-dealkylation sites (N-methyl/N-ethyl adjacent to an activating group) is 1. The number of benzene rings is 2. The molecule has 174 valence electrons. The quantitative estimate of drug-likeness (QED) is 0.476. The molecule has 6 nitrogen and oxygen atoms in total. The van der Waals surface area contributed by atoms with Gasteiger partial charge in [-0.1, -0.05) is 50.7 Å². The number of amides is 1. The molecule has 2 aromatic carbocycles. The van der Waals surface area contributed by atoms with Gasteiger partial charge in [-0.25, -0.2) is 4.39 Å². The van der Waals surface area contributed by atoms with Crippen LogP contribution in [0.4, 0.5) is 4.39 Å². The van der Waals surface area contributed by atoms with E-state index in [1.165, 1.54) is 23.9 Å². The lowest BCUT2D eigenvalue weighted by molar-refractivity contribution is 0.0642. The summed E-state index contributed by atoms with van der Waals surface area (Å²) in [5, 5.41) is 9.53. The van der Waals surface area contributed by atoms with E-state index in [1.54, 1.807) is 12.1 Å². The maximum absolute atomic E-state index is 13.5. The van der Waals surface area contributed by atoms with Gasteiger partial charge in [0.2, 0.25) is 0 Å². The predicted molar refractivity (Wildman–Crippen MR) is 129 cm³/mol. The number of rotatable bonds is 7. The van der Waals surface area contributed by atoms with E-state index in [9.17, 15) is 9.18 Å². The highest BCUT2D eigenvalue weighted by Gasteiger charge is 2.24. The Hall–Kier alpha value is -2.71. The molecule has 1 aliphatic heterocycles. The van der Waals surface area contributed by atoms with Crippen LogP contribution in [-0.2, 0) is 5.75 Å². The van der Waals surface area contributed by atoms with Crippen LogP contribution in [-0.4, -0.2) is 63.2 Å². The Morgan fingerprint density at radius 1 is 1.03 bits per heavy atom. The van der Waals surface area contributed by atoms with Crippen LogP contribution in [0, 0.1) is 5.82 Å². The number of hydrogen-bond acceptors (Lipinski definition) is 5. The zero-order chi connectivity index (χ0) is 23.4. The summed E-state index contributed by atoms with van der Waals surface area (Å²) in [6.45, 7) is 10.6. The molecule has 1 aromatic heterocycles. The molecular weight excluding hydrogens is 437 g/mol. The summed E-state index contributed by atoms with van der Waals surface area (Å²) in [7, 11) is 0. The molecule has 0 unspecified atom stereocenters. The van der Waals surface area contributed by atoms with Crippen molar-refractivity contribution in [3.8, 4) is 5.69 Å². The van der Waals surface area contributed by atoms with Gasteiger partial charge in [0, 0.05) is 49.1 Å². The van der Waals surface area contributed by atoms with Gasteiger partial charge in [-0.3, -0.25) is 9.36 Å². The summed E-state index contributed by atoms with van der Waals surface area (Å²) in [6.07, 6.45) is 0. The first-order chi connectivity index (χ1) is 16.0. The van der Waals surface area contributed by atoms with E-state index < -0.39 is 0 Å². The van der Waals surface area contributed by atoms with Crippen molar-refractivity contribution in [2.75, 3.05) is 32.7 Å². The third-order valence-corrected chi connectivity index (χ3v) is 6.95. The van der Waals surface area contributed by atoms with Gasteiger partial charge in [-0.15, -0.1) is 10.2 Å². The minimum atomic E-state index is -0.278. The van der Waals surface area contributed by atoms with Gasteiger partial charge in [-0.05, 0) is 42.4 Å². The number of thioether (sulfide) groups is 1. The van der Waals surface area contributed by atoms with Gasteiger partial charge in [0.1, 0.15) is 11.6 Å². The molecule has 0 N–H and O–H groups in total. The Morgan fingerprint density at radius 2 is 1.73 bits per heavy atom. The molecule has 1 saturated heterocycles. The molecule has 1 amide bonds. The van der Waals surface area contributed by atoms with Crippen LogP contribution >= 0.6 is 11.8 Å². The van der Waals surface area contributed by atoms with Crippen molar-refractivity contribution in [2.24, 2.45) is 0 Å². The van der Waals surface area contributed by atoms with Gasteiger partial charge in [0.15, 0.2) is 5.16 Å². The molecule has 1 fully saturated rings. The average Bonchev–Trinajstić information content (AvgIpc) is 3.27.